The molecule has 5 rings (SSSR count). The molecule has 2 aromatic carbocycles. The number of ether oxygens (including phenoxy) is 3. The van der Waals surface area contributed by atoms with E-state index in [2.05, 4.69) is 15.0 Å². The molecule has 0 saturated carbocycles. The van der Waals surface area contributed by atoms with E-state index in [1.165, 1.54) is 4.90 Å². The Balaban J connectivity index is 1.40. The second-order valence-electron chi connectivity index (χ2n) is 9.70. The van der Waals surface area contributed by atoms with E-state index < -0.39 is 12.0 Å². The highest BCUT2D eigenvalue weighted by atomic mass is 35.5. The number of hydrogen-bond acceptors (Lipinski definition) is 9. The van der Waals surface area contributed by atoms with E-state index in [1.807, 2.05) is 32.9 Å². The zero-order valence-corrected chi connectivity index (χ0v) is 23.6. The van der Waals surface area contributed by atoms with Crippen molar-refractivity contribution in [2.45, 2.75) is 46.1 Å². The van der Waals surface area contributed by atoms with Gasteiger partial charge in [-0.3, -0.25) is 4.79 Å². The molecular formula is C29H29ClN4O7. The highest BCUT2D eigenvalue weighted by molar-refractivity contribution is 6.30. The van der Waals surface area contributed by atoms with Crippen LogP contribution in [-0.4, -0.2) is 62.6 Å². The summed E-state index contributed by atoms with van der Waals surface area (Å²) in [7, 11) is 0. The van der Waals surface area contributed by atoms with Crippen LogP contribution in [0.1, 0.15) is 37.3 Å². The maximum atomic E-state index is 12.7. The number of carbonyl (C=O) groups excluding carboxylic acids is 1. The standard InChI is InChI=1S/C29H29ClN4O7/c1-4-11-38-26-23-27(33-29(32-26)40-20-8-5-7-19(30)14-20)41-25(31-23)18-12-16(2)24(17(3)13-18)39-15-22(35)34-10-6-9-21(34)28(36)37/h5,7-8,12-14,21H,4,6,9-11,15H2,1-3H3,(H,36,37). The van der Waals surface area contributed by atoms with Crippen LogP contribution in [0, 0.1) is 13.8 Å². The molecule has 2 aromatic heterocycles. The number of benzene rings is 2. The van der Waals surface area contributed by atoms with Gasteiger partial charge in [-0.25, -0.2) is 9.78 Å². The lowest BCUT2D eigenvalue weighted by Crippen LogP contribution is -2.42. The molecule has 41 heavy (non-hydrogen) atoms. The number of hydrogen-bond donors (Lipinski definition) is 1. The number of aryl methyl sites for hydroxylation is 2. The zero-order chi connectivity index (χ0) is 29.1. The predicted molar refractivity (Wildman–Crippen MR) is 150 cm³/mol. The minimum atomic E-state index is -0.998. The van der Waals surface area contributed by atoms with E-state index in [0.29, 0.717) is 59.5 Å². The van der Waals surface area contributed by atoms with Crippen LogP contribution in [0.2, 0.25) is 5.02 Å². The van der Waals surface area contributed by atoms with Crippen molar-refractivity contribution in [2.75, 3.05) is 19.8 Å². The third-order valence-electron chi connectivity index (χ3n) is 6.56. The van der Waals surface area contributed by atoms with Crippen molar-refractivity contribution < 1.29 is 33.3 Å². The number of nitrogens with zero attached hydrogens (tertiary/aromatic N) is 4. The van der Waals surface area contributed by atoms with Gasteiger partial charge in [-0.05, 0) is 74.6 Å². The van der Waals surface area contributed by atoms with Gasteiger partial charge in [0.2, 0.25) is 5.89 Å². The number of carboxylic acid groups (broad SMARTS) is 1. The van der Waals surface area contributed by atoms with Gasteiger partial charge in [0.1, 0.15) is 17.5 Å². The average Bonchev–Trinajstić information content (AvgIpc) is 3.59. The maximum absolute atomic E-state index is 12.7. The molecule has 11 nitrogen and oxygen atoms in total. The number of carboxylic acids is 1. The van der Waals surface area contributed by atoms with Gasteiger partial charge in [0.15, 0.2) is 12.1 Å². The van der Waals surface area contributed by atoms with Crippen molar-refractivity contribution in [1.29, 1.82) is 0 Å². The largest absolute Gasteiger partial charge is 0.483 e. The summed E-state index contributed by atoms with van der Waals surface area (Å²) in [5, 5.41) is 9.88. The number of halogens is 1. The predicted octanol–water partition coefficient (Wildman–Crippen LogP) is 5.59. The second-order valence-corrected chi connectivity index (χ2v) is 10.1. The lowest BCUT2D eigenvalue weighted by molar-refractivity contribution is -0.149. The van der Waals surface area contributed by atoms with Crippen LogP contribution >= 0.6 is 11.6 Å². The third kappa shape index (κ3) is 6.19. The molecule has 0 radical (unpaired) electrons. The van der Waals surface area contributed by atoms with Gasteiger partial charge in [-0.2, -0.15) is 9.97 Å². The Morgan fingerprint density at radius 3 is 2.61 bits per heavy atom. The first-order valence-corrected chi connectivity index (χ1v) is 13.6. The Morgan fingerprint density at radius 1 is 1.12 bits per heavy atom. The van der Waals surface area contributed by atoms with Crippen molar-refractivity contribution >= 4 is 34.7 Å². The average molecular weight is 581 g/mol. The Hall–Kier alpha value is -4.38. The highest BCUT2D eigenvalue weighted by Gasteiger charge is 2.34. The van der Waals surface area contributed by atoms with Crippen LogP contribution in [0.5, 0.6) is 23.4 Å². The second kappa shape index (κ2) is 12.0. The molecule has 1 saturated heterocycles. The van der Waals surface area contributed by atoms with Crippen LogP contribution in [0.4, 0.5) is 0 Å². The zero-order valence-electron chi connectivity index (χ0n) is 22.8. The first-order valence-electron chi connectivity index (χ1n) is 13.2. The summed E-state index contributed by atoms with van der Waals surface area (Å²) in [5.74, 6) is 0.172. The maximum Gasteiger partial charge on any atom is 0.328 e. The number of carbonyl (C=O) groups is 2. The molecule has 0 spiro atoms. The summed E-state index contributed by atoms with van der Waals surface area (Å²) in [5.41, 5.74) is 2.72. The highest BCUT2D eigenvalue weighted by Crippen LogP contribution is 2.34. The van der Waals surface area contributed by atoms with Gasteiger partial charge in [0, 0.05) is 17.1 Å². The van der Waals surface area contributed by atoms with E-state index in [1.54, 1.807) is 24.3 Å². The Morgan fingerprint density at radius 2 is 1.90 bits per heavy atom. The summed E-state index contributed by atoms with van der Waals surface area (Å²) >= 11 is 6.07. The van der Waals surface area contributed by atoms with E-state index in [9.17, 15) is 14.7 Å². The van der Waals surface area contributed by atoms with E-state index in [-0.39, 0.29) is 30.1 Å². The molecule has 214 valence electrons. The molecule has 1 aliphatic heterocycles. The number of aliphatic carboxylic acids is 1. The molecule has 1 aliphatic rings. The van der Waals surface area contributed by atoms with Crippen LogP contribution in [-0.2, 0) is 9.59 Å². The van der Waals surface area contributed by atoms with Crippen molar-refractivity contribution in [3.63, 3.8) is 0 Å². The lowest BCUT2D eigenvalue weighted by Gasteiger charge is -2.22. The number of amides is 1. The Labute approximate surface area is 241 Å². The summed E-state index contributed by atoms with van der Waals surface area (Å²) in [6, 6.07) is 9.75. The summed E-state index contributed by atoms with van der Waals surface area (Å²) < 4.78 is 23.5. The molecule has 3 heterocycles. The van der Waals surface area contributed by atoms with Crippen molar-refractivity contribution in [3.8, 4) is 34.8 Å². The minimum absolute atomic E-state index is 0.0254. The molecule has 1 amide bonds. The first-order chi connectivity index (χ1) is 19.7. The number of likely N-dealkylation sites (tertiary alicyclic amines) is 1. The van der Waals surface area contributed by atoms with Crippen LogP contribution in [0.3, 0.4) is 0 Å². The smallest absolute Gasteiger partial charge is 0.328 e. The fourth-order valence-electron chi connectivity index (χ4n) is 4.72. The van der Waals surface area contributed by atoms with E-state index in [0.717, 1.165) is 17.5 Å². The summed E-state index contributed by atoms with van der Waals surface area (Å²) in [6.07, 6.45) is 1.86. The normalized spacial score (nSPS) is 14.8. The van der Waals surface area contributed by atoms with Crippen LogP contribution < -0.4 is 14.2 Å². The molecule has 12 heteroatoms. The molecule has 1 N–H and O–H groups in total. The molecule has 1 fully saturated rings. The van der Waals surface area contributed by atoms with Gasteiger partial charge in [0.05, 0.1) is 6.61 Å². The fourth-order valence-corrected chi connectivity index (χ4v) is 4.90. The lowest BCUT2D eigenvalue weighted by atomic mass is 10.1. The van der Waals surface area contributed by atoms with Crippen molar-refractivity contribution in [3.05, 3.63) is 52.5 Å². The van der Waals surface area contributed by atoms with E-state index >= 15 is 0 Å². The van der Waals surface area contributed by atoms with Crippen molar-refractivity contribution in [1.82, 2.24) is 19.9 Å². The summed E-state index contributed by atoms with van der Waals surface area (Å²) in [4.78, 5) is 38.9. The number of fused-ring (bicyclic) bond motifs is 1. The number of oxazole rings is 1. The topological polar surface area (TPSA) is 137 Å². The molecule has 0 bridgehead atoms. The number of aromatic nitrogens is 3. The summed E-state index contributed by atoms with van der Waals surface area (Å²) in [6.45, 7) is 6.25. The number of rotatable bonds is 10. The monoisotopic (exact) mass is 580 g/mol. The van der Waals surface area contributed by atoms with Crippen molar-refractivity contribution in [2.24, 2.45) is 0 Å². The molecule has 4 aromatic rings. The molecule has 0 aliphatic carbocycles. The SMILES string of the molecule is CCCOc1nc(Oc2cccc(Cl)c2)nc2oc(-c3cc(C)c(OCC(=O)N4CCCC4C(=O)O)c(C)c3)nc12. The van der Waals surface area contributed by atoms with Gasteiger partial charge in [-0.1, -0.05) is 24.6 Å². The molecule has 1 unspecified atom stereocenters. The first kappa shape index (κ1) is 28.2. The Kier molecular flexibility index (Phi) is 8.25. The van der Waals surface area contributed by atoms with Crippen LogP contribution in [0.15, 0.2) is 40.8 Å². The van der Waals surface area contributed by atoms with E-state index in [4.69, 9.17) is 30.2 Å². The quantitative estimate of drug-likeness (QED) is 0.252. The van der Waals surface area contributed by atoms with Gasteiger partial charge in [0.25, 0.3) is 17.5 Å². The minimum Gasteiger partial charge on any atom is -0.483 e. The van der Waals surface area contributed by atoms with Gasteiger partial charge < -0.3 is 28.6 Å². The molecule has 1 atom stereocenters. The Bertz CT molecular complexity index is 1580. The molecular weight excluding hydrogens is 552 g/mol. The third-order valence-corrected chi connectivity index (χ3v) is 6.79. The van der Waals surface area contributed by atoms with Gasteiger partial charge in [-0.15, -0.1) is 0 Å². The van der Waals surface area contributed by atoms with Crippen LogP contribution in [0.25, 0.3) is 22.7 Å². The van der Waals surface area contributed by atoms with Gasteiger partial charge >= 0.3 is 12.0 Å². The fraction of sp³-hybridized carbons (Fsp3) is 0.345.